The molecule has 0 aromatic carbocycles. The van der Waals surface area contributed by atoms with Crippen molar-refractivity contribution in [2.75, 3.05) is 20.3 Å². The Morgan fingerprint density at radius 3 is 2.62 bits per heavy atom. The summed E-state index contributed by atoms with van der Waals surface area (Å²) < 4.78 is 13.2. The van der Waals surface area contributed by atoms with Gasteiger partial charge in [-0.15, -0.1) is 0 Å². The molecule has 0 fully saturated rings. The number of carbonyl (C=O) groups is 1. The lowest BCUT2D eigenvalue weighted by Gasteiger charge is -2.12. The van der Waals surface area contributed by atoms with E-state index in [1.165, 1.54) is 28.5 Å². The molecule has 0 atom stereocenters. The molecular weight excluding hydrogens is 316 g/mol. The van der Waals surface area contributed by atoms with Crippen LogP contribution in [0.5, 0.6) is 5.75 Å². The first-order valence-corrected chi connectivity index (χ1v) is 7.64. The maximum atomic E-state index is 12.6. The van der Waals surface area contributed by atoms with Gasteiger partial charge in [0.05, 0.1) is 13.2 Å². The third-order valence-electron chi connectivity index (χ3n) is 3.57. The van der Waals surface area contributed by atoms with Crippen molar-refractivity contribution in [3.63, 3.8) is 0 Å². The molecule has 2 heterocycles. The Morgan fingerprint density at radius 1 is 1.25 bits per heavy atom. The lowest BCUT2D eigenvalue weighted by atomic mass is 10.2. The predicted molar refractivity (Wildman–Crippen MR) is 87.2 cm³/mol. The molecule has 0 aliphatic heterocycles. The fourth-order valence-electron chi connectivity index (χ4n) is 2.26. The van der Waals surface area contributed by atoms with E-state index in [0.717, 1.165) is 12.6 Å². The molecule has 2 rings (SSSR count). The lowest BCUT2D eigenvalue weighted by molar-refractivity contribution is 0.0694. The van der Waals surface area contributed by atoms with E-state index in [0.29, 0.717) is 19.6 Å². The first-order valence-electron chi connectivity index (χ1n) is 7.64. The van der Waals surface area contributed by atoms with Gasteiger partial charge in [0.2, 0.25) is 5.43 Å². The van der Waals surface area contributed by atoms with Crippen LogP contribution < -0.4 is 15.7 Å². The Labute approximate surface area is 137 Å². The molecule has 8 heteroatoms. The molecule has 24 heavy (non-hydrogen) atoms. The zero-order chi connectivity index (χ0) is 17.7. The highest BCUT2D eigenvalue weighted by Crippen LogP contribution is 2.14. The van der Waals surface area contributed by atoms with Crippen molar-refractivity contribution in [1.82, 2.24) is 8.97 Å². The summed E-state index contributed by atoms with van der Waals surface area (Å²) in [6.07, 6.45) is 5.70. The number of hydrogen-bond donors (Lipinski definition) is 1. The number of nitrogens with zero attached hydrogens (tertiary/aromatic N) is 2. The van der Waals surface area contributed by atoms with E-state index in [2.05, 4.69) is 0 Å². The molecule has 0 saturated carbocycles. The number of ether oxygens (including phenoxy) is 2. The fourth-order valence-corrected chi connectivity index (χ4v) is 2.26. The quantitative estimate of drug-likeness (QED) is 0.722. The molecule has 0 saturated heterocycles. The Balaban J connectivity index is 2.69. The van der Waals surface area contributed by atoms with E-state index < -0.39 is 22.5 Å². The van der Waals surface area contributed by atoms with Crippen molar-refractivity contribution in [3.05, 3.63) is 44.7 Å². The van der Waals surface area contributed by atoms with Crippen molar-refractivity contribution in [2.45, 2.75) is 26.3 Å². The molecule has 0 aliphatic carbocycles. The standard InChI is InChI=1S/C16H20N2O6/c1-3-4-8-24-14-12-15(20)17(7-9-23-2)5-6-18(12)10-11(13(14)19)16(21)22/h5-6,10H,3-4,7-9H2,1-2H3,(H,21,22). The van der Waals surface area contributed by atoms with Crippen LogP contribution in [0.2, 0.25) is 0 Å². The number of unbranched alkanes of at least 4 members (excludes halogenated alkanes) is 1. The van der Waals surface area contributed by atoms with Crippen LogP contribution in [0.25, 0.3) is 5.52 Å². The highest BCUT2D eigenvalue weighted by molar-refractivity contribution is 5.88. The second kappa shape index (κ2) is 7.78. The first-order chi connectivity index (χ1) is 11.5. The molecular formula is C16H20N2O6. The zero-order valence-electron chi connectivity index (χ0n) is 13.7. The minimum Gasteiger partial charge on any atom is -0.487 e. The summed E-state index contributed by atoms with van der Waals surface area (Å²) in [5.41, 5.74) is -1.64. The largest absolute Gasteiger partial charge is 0.487 e. The van der Waals surface area contributed by atoms with E-state index in [-0.39, 0.29) is 17.9 Å². The lowest BCUT2D eigenvalue weighted by Crippen LogP contribution is -2.28. The number of rotatable bonds is 8. The Kier molecular flexibility index (Phi) is 5.75. The predicted octanol–water partition coefficient (Wildman–Crippen LogP) is 0.985. The summed E-state index contributed by atoms with van der Waals surface area (Å²) in [7, 11) is 1.52. The van der Waals surface area contributed by atoms with E-state index >= 15 is 0 Å². The van der Waals surface area contributed by atoms with Crippen LogP contribution in [0.4, 0.5) is 0 Å². The molecule has 1 N–H and O–H groups in total. The van der Waals surface area contributed by atoms with Gasteiger partial charge >= 0.3 is 5.97 Å². The van der Waals surface area contributed by atoms with Gasteiger partial charge in [0, 0.05) is 32.2 Å². The summed E-state index contributed by atoms with van der Waals surface area (Å²) in [5.74, 6) is -1.58. The minimum atomic E-state index is -1.36. The average molecular weight is 336 g/mol. The van der Waals surface area contributed by atoms with Gasteiger partial charge in [-0.3, -0.25) is 9.59 Å². The molecule has 0 unspecified atom stereocenters. The van der Waals surface area contributed by atoms with Gasteiger partial charge in [-0.2, -0.15) is 0 Å². The van der Waals surface area contributed by atoms with E-state index in [4.69, 9.17) is 9.47 Å². The molecule has 8 nitrogen and oxygen atoms in total. The van der Waals surface area contributed by atoms with E-state index in [1.54, 1.807) is 0 Å². The van der Waals surface area contributed by atoms with Crippen molar-refractivity contribution >= 4 is 11.5 Å². The molecule has 2 aromatic rings. The summed E-state index contributed by atoms with van der Waals surface area (Å²) in [4.78, 5) is 36.3. The highest BCUT2D eigenvalue weighted by atomic mass is 16.5. The molecule has 2 aromatic heterocycles. The molecule has 0 amide bonds. The van der Waals surface area contributed by atoms with Crippen LogP contribution in [0.3, 0.4) is 0 Å². The van der Waals surface area contributed by atoms with Crippen LogP contribution in [-0.2, 0) is 11.3 Å². The molecule has 0 spiro atoms. The van der Waals surface area contributed by atoms with Gasteiger partial charge in [0.25, 0.3) is 5.56 Å². The smallest absolute Gasteiger partial charge is 0.341 e. The normalized spacial score (nSPS) is 10.9. The van der Waals surface area contributed by atoms with Gasteiger partial charge in [0.1, 0.15) is 5.56 Å². The van der Waals surface area contributed by atoms with E-state index in [1.807, 2.05) is 6.92 Å². The molecule has 0 aliphatic rings. The number of methoxy groups -OCH3 is 1. The average Bonchev–Trinajstić information content (AvgIpc) is 2.55. The monoisotopic (exact) mass is 336 g/mol. The number of carboxylic acid groups (broad SMARTS) is 1. The molecule has 0 bridgehead atoms. The number of fused-ring (bicyclic) bond motifs is 1. The number of carboxylic acids is 1. The Bertz CT molecular complexity index is 852. The second-order valence-corrected chi connectivity index (χ2v) is 5.25. The second-order valence-electron chi connectivity index (χ2n) is 5.25. The van der Waals surface area contributed by atoms with Crippen molar-refractivity contribution in [2.24, 2.45) is 0 Å². The zero-order valence-corrected chi connectivity index (χ0v) is 13.7. The van der Waals surface area contributed by atoms with Crippen LogP contribution in [0, 0.1) is 0 Å². The Hall–Kier alpha value is -2.61. The maximum Gasteiger partial charge on any atom is 0.341 e. The van der Waals surface area contributed by atoms with Gasteiger partial charge in [0.15, 0.2) is 11.3 Å². The van der Waals surface area contributed by atoms with Crippen LogP contribution in [-0.4, -0.2) is 40.4 Å². The summed E-state index contributed by atoms with van der Waals surface area (Å²) in [5, 5.41) is 9.19. The third kappa shape index (κ3) is 3.48. The molecule has 130 valence electrons. The third-order valence-corrected chi connectivity index (χ3v) is 3.57. The van der Waals surface area contributed by atoms with Gasteiger partial charge < -0.3 is 23.5 Å². The van der Waals surface area contributed by atoms with Gasteiger partial charge in [-0.25, -0.2) is 4.79 Å². The maximum absolute atomic E-state index is 12.6. The molecule has 0 radical (unpaired) electrons. The van der Waals surface area contributed by atoms with E-state index in [9.17, 15) is 19.5 Å². The highest BCUT2D eigenvalue weighted by Gasteiger charge is 2.20. The van der Waals surface area contributed by atoms with Crippen molar-refractivity contribution < 1.29 is 19.4 Å². The Morgan fingerprint density at radius 2 is 2.00 bits per heavy atom. The number of aromatic carboxylic acids is 1. The summed E-state index contributed by atoms with van der Waals surface area (Å²) in [6, 6.07) is 0. The topological polar surface area (TPSA) is 99.2 Å². The van der Waals surface area contributed by atoms with Gasteiger partial charge in [-0.05, 0) is 6.42 Å². The SMILES string of the molecule is CCCCOc1c(=O)c(C(=O)O)cn2ccn(CCOC)c(=O)c12. The van der Waals surface area contributed by atoms with Crippen molar-refractivity contribution in [3.8, 4) is 5.75 Å². The van der Waals surface area contributed by atoms with Crippen LogP contribution in [0.15, 0.2) is 28.2 Å². The van der Waals surface area contributed by atoms with Crippen LogP contribution in [0.1, 0.15) is 30.1 Å². The van der Waals surface area contributed by atoms with Crippen molar-refractivity contribution in [1.29, 1.82) is 0 Å². The number of aromatic nitrogens is 2. The summed E-state index contributed by atoms with van der Waals surface area (Å²) in [6.45, 7) is 2.84. The summed E-state index contributed by atoms with van der Waals surface area (Å²) >= 11 is 0. The first kappa shape index (κ1) is 17.7. The number of pyridine rings is 1. The van der Waals surface area contributed by atoms with Crippen LogP contribution >= 0.6 is 0 Å². The number of hydrogen-bond acceptors (Lipinski definition) is 5. The fraction of sp³-hybridized carbons (Fsp3) is 0.438. The minimum absolute atomic E-state index is 0.0275. The van der Waals surface area contributed by atoms with Gasteiger partial charge in [-0.1, -0.05) is 13.3 Å².